The number of aromatic nitrogens is 2. The molecule has 0 atom stereocenters. The topological polar surface area (TPSA) is 113 Å². The lowest BCUT2D eigenvalue weighted by molar-refractivity contribution is -0.137. The Labute approximate surface area is 191 Å². The summed E-state index contributed by atoms with van der Waals surface area (Å²) in [5.41, 5.74) is 7.74. The smallest absolute Gasteiger partial charge is 0.388 e. The van der Waals surface area contributed by atoms with Crippen molar-refractivity contribution in [3.63, 3.8) is 0 Å². The maximum Gasteiger partial charge on any atom is 0.416 e. The number of carbonyl (C=O) groups is 2. The Morgan fingerprint density at radius 1 is 1.12 bits per heavy atom. The van der Waals surface area contributed by atoms with Crippen molar-refractivity contribution in [1.29, 1.82) is 0 Å². The third-order valence-corrected chi connectivity index (χ3v) is 4.79. The number of fused-ring (bicyclic) bond motifs is 1. The van der Waals surface area contributed by atoms with Crippen molar-refractivity contribution in [2.75, 3.05) is 17.7 Å². The van der Waals surface area contributed by atoms with E-state index >= 15 is 0 Å². The molecule has 34 heavy (non-hydrogen) atoms. The molecule has 0 saturated heterocycles. The van der Waals surface area contributed by atoms with Gasteiger partial charge in [0.05, 0.1) is 11.3 Å². The number of nitrogens with zero attached hydrogens (tertiary/aromatic N) is 1. The summed E-state index contributed by atoms with van der Waals surface area (Å²) >= 11 is 0. The molecule has 0 aliphatic carbocycles. The van der Waals surface area contributed by atoms with Crippen molar-refractivity contribution in [2.24, 2.45) is 5.73 Å². The molecular weight excluding hydrogens is 454 g/mol. The number of halogens is 4. The first-order valence-corrected chi connectivity index (χ1v) is 9.77. The number of aromatic amines is 1. The number of H-pyrrole nitrogens is 1. The van der Waals surface area contributed by atoms with Crippen LogP contribution in [0.15, 0.2) is 60.8 Å². The highest BCUT2D eigenvalue weighted by atomic mass is 19.4. The summed E-state index contributed by atoms with van der Waals surface area (Å²) in [5, 5.41) is 5.78. The van der Waals surface area contributed by atoms with Crippen molar-refractivity contribution in [1.82, 2.24) is 9.97 Å². The molecule has 5 N–H and O–H groups in total. The van der Waals surface area contributed by atoms with Gasteiger partial charge >= 0.3 is 6.18 Å². The van der Waals surface area contributed by atoms with Crippen LogP contribution in [0, 0.1) is 5.82 Å². The molecule has 2 aromatic carbocycles. The summed E-state index contributed by atoms with van der Waals surface area (Å²) in [4.78, 5) is 28.8. The Hall–Kier alpha value is -4.41. The number of amides is 2. The van der Waals surface area contributed by atoms with Crippen LogP contribution in [0.2, 0.25) is 0 Å². The number of alkyl halides is 3. The van der Waals surface area contributed by atoms with Gasteiger partial charge in [0, 0.05) is 29.9 Å². The van der Waals surface area contributed by atoms with Crippen LogP contribution in [0.25, 0.3) is 22.2 Å². The van der Waals surface area contributed by atoms with Gasteiger partial charge in [-0.3, -0.25) is 9.59 Å². The molecule has 11 heteroatoms. The van der Waals surface area contributed by atoms with Crippen LogP contribution in [-0.2, 0) is 11.0 Å². The van der Waals surface area contributed by atoms with E-state index < -0.39 is 29.2 Å². The van der Waals surface area contributed by atoms with Crippen LogP contribution < -0.4 is 16.4 Å². The zero-order chi connectivity index (χ0) is 24.9. The van der Waals surface area contributed by atoms with Gasteiger partial charge < -0.3 is 21.4 Å². The van der Waals surface area contributed by atoms with E-state index in [9.17, 15) is 27.2 Å². The van der Waals surface area contributed by atoms with Crippen LogP contribution >= 0.6 is 0 Å². The average Bonchev–Trinajstić information content (AvgIpc) is 3.20. The van der Waals surface area contributed by atoms with Crippen LogP contribution in [0.3, 0.4) is 0 Å². The number of carbonyl (C=O) groups excluding carboxylic acids is 2. The summed E-state index contributed by atoms with van der Waals surface area (Å²) < 4.78 is 49.1. The van der Waals surface area contributed by atoms with Crippen LogP contribution in [0.4, 0.5) is 28.9 Å². The first-order chi connectivity index (χ1) is 16.2. The highest BCUT2D eigenvalue weighted by Gasteiger charge is 2.31. The fraction of sp³-hybridized carbons (Fsp3) is 0.0870. The van der Waals surface area contributed by atoms with Gasteiger partial charge in [-0.2, -0.15) is 13.2 Å². The van der Waals surface area contributed by atoms with E-state index in [2.05, 4.69) is 15.3 Å². The normalized spacial score (nSPS) is 10.9. The quantitative estimate of drug-likeness (QED) is 0.247. The van der Waals surface area contributed by atoms with E-state index in [0.717, 1.165) is 22.2 Å². The minimum Gasteiger partial charge on any atom is -0.388 e. The Morgan fingerprint density at radius 2 is 1.82 bits per heavy atom. The van der Waals surface area contributed by atoms with E-state index in [1.54, 1.807) is 6.20 Å². The zero-order valence-corrected chi connectivity index (χ0v) is 17.7. The number of primary amides is 1. The minimum atomic E-state index is -4.55. The summed E-state index contributed by atoms with van der Waals surface area (Å²) in [6, 6.07) is 13.4. The lowest BCUT2D eigenvalue weighted by Gasteiger charge is -2.08. The summed E-state index contributed by atoms with van der Waals surface area (Å²) in [7, 11) is 1.86. The maximum atomic E-state index is 12.8. The van der Waals surface area contributed by atoms with Crippen molar-refractivity contribution in [3.8, 4) is 11.1 Å². The number of hydrogen-bond acceptors (Lipinski definition) is 4. The lowest BCUT2D eigenvalue weighted by Crippen LogP contribution is -2.12. The van der Waals surface area contributed by atoms with Gasteiger partial charge in [-0.15, -0.1) is 0 Å². The molecule has 0 radical (unpaired) electrons. The second-order valence-electron chi connectivity index (χ2n) is 6.92. The Morgan fingerprint density at radius 3 is 2.41 bits per heavy atom. The molecule has 0 fully saturated rings. The van der Waals surface area contributed by atoms with Crippen LogP contribution in [0.1, 0.15) is 16.1 Å². The summed E-state index contributed by atoms with van der Waals surface area (Å²) in [6.45, 7) is 0. The molecule has 4 rings (SSSR count). The number of nitrogens with two attached hydrogens (primary N) is 1. The number of rotatable bonds is 5. The van der Waals surface area contributed by atoms with Gasteiger partial charge in [-0.1, -0.05) is 12.1 Å². The van der Waals surface area contributed by atoms with Gasteiger partial charge in [0.15, 0.2) is 0 Å². The third-order valence-electron chi connectivity index (χ3n) is 4.79. The Bertz CT molecular complexity index is 1320. The molecule has 0 spiro atoms. The molecule has 0 aliphatic heterocycles. The number of pyridine rings is 1. The van der Waals surface area contributed by atoms with E-state index in [0.29, 0.717) is 29.5 Å². The second-order valence-corrected chi connectivity index (χ2v) is 6.92. The second kappa shape index (κ2) is 10.0. The Balaban J connectivity index is 0.000000204. The molecule has 4 aromatic rings. The largest absolute Gasteiger partial charge is 0.416 e. The molecule has 0 aliphatic rings. The van der Waals surface area contributed by atoms with E-state index in [4.69, 9.17) is 5.73 Å². The fourth-order valence-corrected chi connectivity index (χ4v) is 3.19. The van der Waals surface area contributed by atoms with Gasteiger partial charge in [0.2, 0.25) is 6.41 Å². The van der Waals surface area contributed by atoms with E-state index in [1.807, 2.05) is 48.8 Å². The predicted molar refractivity (Wildman–Crippen MR) is 121 cm³/mol. The van der Waals surface area contributed by atoms with Crippen molar-refractivity contribution in [2.45, 2.75) is 6.18 Å². The van der Waals surface area contributed by atoms with Gasteiger partial charge in [0.1, 0.15) is 17.2 Å². The lowest BCUT2D eigenvalue weighted by atomic mass is 10.0. The molecule has 0 saturated carbocycles. The molecule has 0 bridgehead atoms. The third kappa shape index (κ3) is 5.31. The van der Waals surface area contributed by atoms with Crippen LogP contribution in [0.5, 0.6) is 0 Å². The average molecular weight is 473 g/mol. The van der Waals surface area contributed by atoms with Crippen molar-refractivity contribution >= 4 is 34.7 Å². The highest BCUT2D eigenvalue weighted by Crippen LogP contribution is 2.32. The maximum absolute atomic E-state index is 12.8. The summed E-state index contributed by atoms with van der Waals surface area (Å²) in [6.07, 6.45) is -2.76. The number of anilines is 2. The summed E-state index contributed by atoms with van der Waals surface area (Å²) in [5.74, 6) is -1.40. The monoisotopic (exact) mass is 473 g/mol. The predicted octanol–water partition coefficient (Wildman–Crippen LogP) is 4.78. The number of nitrogens with one attached hydrogen (secondary N) is 3. The number of benzene rings is 2. The molecular formula is C23H19F4N5O2. The highest BCUT2D eigenvalue weighted by molar-refractivity contribution is 6.08. The van der Waals surface area contributed by atoms with E-state index in [-0.39, 0.29) is 6.41 Å². The molecule has 2 amide bonds. The van der Waals surface area contributed by atoms with Gasteiger partial charge in [0.25, 0.3) is 5.91 Å². The standard InChI is InChI=1S/C15H14N4O.C8H5F4NO/c1-17-10-6-4-9(5-7-10)12-11-3-2-8-18-15(11)19-13(12)14(16)20;9-6-2-1-5(8(10,11)12)3-7(6)13-4-14/h2-8,17H,1H3,(H2,16,20)(H,18,19);1-4H,(H,13,14). The molecule has 7 nitrogen and oxygen atoms in total. The van der Waals surface area contributed by atoms with Gasteiger partial charge in [-0.25, -0.2) is 9.37 Å². The zero-order valence-electron chi connectivity index (χ0n) is 17.7. The van der Waals surface area contributed by atoms with E-state index in [1.165, 1.54) is 0 Å². The van der Waals surface area contributed by atoms with Gasteiger partial charge in [-0.05, 0) is 48.0 Å². The number of hydrogen-bond donors (Lipinski definition) is 4. The molecule has 0 unspecified atom stereocenters. The molecule has 176 valence electrons. The first-order valence-electron chi connectivity index (χ1n) is 9.77. The molecule has 2 aromatic heterocycles. The van der Waals surface area contributed by atoms with Crippen LogP contribution in [-0.4, -0.2) is 29.3 Å². The minimum absolute atomic E-state index is 0.110. The fourth-order valence-electron chi connectivity index (χ4n) is 3.19. The van der Waals surface area contributed by atoms with Crippen molar-refractivity contribution < 1.29 is 27.2 Å². The SMILES string of the molecule is CNc1ccc(-c2c(C(N)=O)[nH]c3ncccc23)cc1.O=CNc1cc(C(F)(F)F)ccc1F. The first kappa shape index (κ1) is 24.2. The Kier molecular flexibility index (Phi) is 7.15. The van der Waals surface area contributed by atoms with Crippen molar-refractivity contribution in [3.05, 3.63) is 77.9 Å². The molecule has 2 heterocycles.